The SMILES string of the molecule is CC1(C)CCC(NC(=O)C2CNNN2)c2ccccc21. The Kier molecular flexibility index (Phi) is 3.50. The minimum atomic E-state index is -0.211. The standard InChI is InChI=1S/C15H22N4O/c1-15(2)8-7-12(10-5-3-4-6-11(10)15)17-14(20)13-9-16-19-18-13/h3-6,12-13,16,18-19H,7-9H2,1-2H3,(H,17,20). The molecule has 2 unspecified atom stereocenters. The molecule has 1 fully saturated rings. The number of hydrogen-bond acceptors (Lipinski definition) is 4. The molecule has 1 aliphatic heterocycles. The van der Waals surface area contributed by atoms with Crippen molar-refractivity contribution in [3.63, 3.8) is 0 Å². The number of benzene rings is 1. The van der Waals surface area contributed by atoms with E-state index in [2.05, 4.69) is 59.8 Å². The molecule has 3 rings (SSSR count). The van der Waals surface area contributed by atoms with Gasteiger partial charge in [0.1, 0.15) is 6.04 Å². The summed E-state index contributed by atoms with van der Waals surface area (Å²) in [5.74, 6) is 0.0435. The van der Waals surface area contributed by atoms with Gasteiger partial charge in [0.2, 0.25) is 5.91 Å². The zero-order valence-electron chi connectivity index (χ0n) is 12.0. The minimum Gasteiger partial charge on any atom is -0.348 e. The molecule has 0 aromatic heterocycles. The largest absolute Gasteiger partial charge is 0.348 e. The summed E-state index contributed by atoms with van der Waals surface area (Å²) in [4.78, 5) is 12.2. The second-order valence-corrected chi connectivity index (χ2v) is 6.27. The smallest absolute Gasteiger partial charge is 0.240 e. The monoisotopic (exact) mass is 274 g/mol. The first-order valence-electron chi connectivity index (χ1n) is 7.21. The summed E-state index contributed by atoms with van der Waals surface area (Å²) in [6.45, 7) is 5.15. The molecule has 20 heavy (non-hydrogen) atoms. The number of carbonyl (C=O) groups is 1. The van der Waals surface area contributed by atoms with Crippen molar-refractivity contribution in [1.29, 1.82) is 0 Å². The fourth-order valence-electron chi connectivity index (χ4n) is 3.14. The van der Waals surface area contributed by atoms with Gasteiger partial charge >= 0.3 is 0 Å². The highest BCUT2D eigenvalue weighted by Gasteiger charge is 2.34. The molecule has 1 amide bonds. The van der Waals surface area contributed by atoms with Crippen LogP contribution in [-0.4, -0.2) is 18.5 Å². The number of rotatable bonds is 2. The van der Waals surface area contributed by atoms with E-state index in [1.54, 1.807) is 0 Å². The Bertz CT molecular complexity index is 508. The van der Waals surface area contributed by atoms with E-state index in [4.69, 9.17) is 0 Å². The lowest BCUT2D eigenvalue weighted by Crippen LogP contribution is -2.46. The fraction of sp³-hybridized carbons (Fsp3) is 0.533. The third kappa shape index (κ3) is 2.44. The van der Waals surface area contributed by atoms with Crippen molar-refractivity contribution in [2.45, 2.75) is 44.2 Å². The molecule has 1 aromatic carbocycles. The molecule has 1 aliphatic carbocycles. The highest BCUT2D eigenvalue weighted by molar-refractivity contribution is 5.82. The Hall–Kier alpha value is -1.43. The van der Waals surface area contributed by atoms with Crippen molar-refractivity contribution in [2.24, 2.45) is 0 Å². The van der Waals surface area contributed by atoms with Crippen LogP contribution >= 0.6 is 0 Å². The summed E-state index contributed by atoms with van der Waals surface area (Å²) in [5.41, 5.74) is 11.4. The molecule has 1 heterocycles. The second-order valence-electron chi connectivity index (χ2n) is 6.27. The molecule has 2 atom stereocenters. The second kappa shape index (κ2) is 5.16. The molecule has 0 spiro atoms. The van der Waals surface area contributed by atoms with Crippen LogP contribution in [0.4, 0.5) is 0 Å². The number of nitrogens with one attached hydrogen (secondary N) is 4. The van der Waals surface area contributed by atoms with Crippen LogP contribution in [-0.2, 0) is 10.2 Å². The van der Waals surface area contributed by atoms with Gasteiger partial charge in [0.15, 0.2) is 0 Å². The maximum atomic E-state index is 12.2. The van der Waals surface area contributed by atoms with Crippen LogP contribution < -0.4 is 21.7 Å². The molecule has 5 heteroatoms. The van der Waals surface area contributed by atoms with E-state index in [0.29, 0.717) is 6.54 Å². The molecule has 2 aliphatic rings. The predicted molar refractivity (Wildman–Crippen MR) is 77.6 cm³/mol. The minimum absolute atomic E-state index is 0.0435. The lowest BCUT2D eigenvalue weighted by Gasteiger charge is -2.37. The van der Waals surface area contributed by atoms with E-state index < -0.39 is 0 Å². The molecule has 5 nitrogen and oxygen atoms in total. The Morgan fingerprint density at radius 3 is 2.90 bits per heavy atom. The van der Waals surface area contributed by atoms with E-state index in [1.807, 2.05) is 0 Å². The number of hydrogen-bond donors (Lipinski definition) is 4. The van der Waals surface area contributed by atoms with E-state index >= 15 is 0 Å². The highest BCUT2D eigenvalue weighted by Crippen LogP contribution is 2.41. The molecule has 0 saturated carbocycles. The average Bonchev–Trinajstić information content (AvgIpc) is 2.96. The summed E-state index contributed by atoms with van der Waals surface area (Å²) in [5, 5.41) is 3.17. The van der Waals surface area contributed by atoms with Crippen molar-refractivity contribution >= 4 is 5.91 Å². The van der Waals surface area contributed by atoms with Crippen molar-refractivity contribution < 1.29 is 4.79 Å². The molecule has 1 saturated heterocycles. The summed E-state index contributed by atoms with van der Waals surface area (Å²) in [6, 6.07) is 8.36. The lowest BCUT2D eigenvalue weighted by molar-refractivity contribution is -0.123. The van der Waals surface area contributed by atoms with Crippen molar-refractivity contribution in [1.82, 2.24) is 21.7 Å². The quantitative estimate of drug-likeness (QED) is 0.647. The van der Waals surface area contributed by atoms with E-state index in [9.17, 15) is 4.79 Å². The van der Waals surface area contributed by atoms with Gasteiger partial charge in [-0.25, -0.2) is 10.9 Å². The molecule has 1 aromatic rings. The lowest BCUT2D eigenvalue weighted by atomic mass is 9.71. The molecule has 108 valence electrons. The molecule has 4 N–H and O–H groups in total. The highest BCUT2D eigenvalue weighted by atomic mass is 16.2. The maximum Gasteiger partial charge on any atom is 0.240 e. The van der Waals surface area contributed by atoms with Gasteiger partial charge in [-0.15, -0.1) is 0 Å². The predicted octanol–water partition coefficient (Wildman–Crippen LogP) is 0.896. The van der Waals surface area contributed by atoms with Gasteiger partial charge in [-0.2, -0.15) is 5.53 Å². The topological polar surface area (TPSA) is 65.2 Å². The van der Waals surface area contributed by atoms with Crippen molar-refractivity contribution in [2.75, 3.05) is 6.54 Å². The van der Waals surface area contributed by atoms with Gasteiger partial charge in [-0.05, 0) is 29.4 Å². The zero-order valence-corrected chi connectivity index (χ0v) is 12.0. The number of carbonyl (C=O) groups excluding carboxylic acids is 1. The van der Waals surface area contributed by atoms with Gasteiger partial charge < -0.3 is 5.32 Å². The summed E-state index contributed by atoms with van der Waals surface area (Å²) in [6.07, 6.45) is 2.08. The molecular weight excluding hydrogens is 252 g/mol. The zero-order chi connectivity index (χ0) is 14.2. The molecule has 0 bridgehead atoms. The first-order chi connectivity index (χ1) is 9.58. The van der Waals surface area contributed by atoms with Gasteiger partial charge in [0, 0.05) is 6.54 Å². The van der Waals surface area contributed by atoms with Crippen LogP contribution in [0.1, 0.15) is 43.9 Å². The van der Waals surface area contributed by atoms with Crippen LogP contribution in [0.5, 0.6) is 0 Å². The van der Waals surface area contributed by atoms with Crippen LogP contribution in [0, 0.1) is 0 Å². The third-order valence-corrected chi connectivity index (χ3v) is 4.40. The summed E-state index contributed by atoms with van der Waals surface area (Å²) >= 11 is 0. The van der Waals surface area contributed by atoms with Crippen LogP contribution in [0.2, 0.25) is 0 Å². The van der Waals surface area contributed by atoms with Crippen LogP contribution in [0.15, 0.2) is 24.3 Å². The fourth-order valence-corrected chi connectivity index (χ4v) is 3.14. The van der Waals surface area contributed by atoms with Crippen molar-refractivity contribution in [3.8, 4) is 0 Å². The van der Waals surface area contributed by atoms with Gasteiger partial charge in [0.25, 0.3) is 0 Å². The Labute approximate surface area is 119 Å². The van der Waals surface area contributed by atoms with Gasteiger partial charge in [-0.3, -0.25) is 4.79 Å². The Balaban J connectivity index is 1.79. The van der Waals surface area contributed by atoms with Crippen LogP contribution in [0.25, 0.3) is 0 Å². The first kappa shape index (κ1) is 13.5. The van der Waals surface area contributed by atoms with Gasteiger partial charge in [-0.1, -0.05) is 38.1 Å². The Morgan fingerprint density at radius 2 is 2.15 bits per heavy atom. The summed E-state index contributed by atoms with van der Waals surface area (Å²) in [7, 11) is 0. The van der Waals surface area contributed by atoms with Crippen molar-refractivity contribution in [3.05, 3.63) is 35.4 Å². The number of fused-ring (bicyclic) bond motifs is 1. The van der Waals surface area contributed by atoms with Gasteiger partial charge in [0.05, 0.1) is 6.04 Å². The van der Waals surface area contributed by atoms with Crippen LogP contribution in [0.3, 0.4) is 0 Å². The molecule has 0 radical (unpaired) electrons. The average molecular weight is 274 g/mol. The maximum absolute atomic E-state index is 12.2. The summed E-state index contributed by atoms with van der Waals surface area (Å²) < 4.78 is 0. The number of amides is 1. The molecular formula is C15H22N4O. The van der Waals surface area contributed by atoms with E-state index in [1.165, 1.54) is 11.1 Å². The Morgan fingerprint density at radius 1 is 1.35 bits per heavy atom. The normalized spacial score (nSPS) is 27.9. The third-order valence-electron chi connectivity index (χ3n) is 4.40. The first-order valence-corrected chi connectivity index (χ1v) is 7.21. The van der Waals surface area contributed by atoms with E-state index in [-0.39, 0.29) is 23.4 Å². The number of hydrazine groups is 2. The van der Waals surface area contributed by atoms with E-state index in [0.717, 1.165) is 12.8 Å².